The largest absolute Gasteiger partial charge is 0.451 e. The monoisotopic (exact) mass is 344 g/mol. The number of nitrogens with zero attached hydrogens (tertiary/aromatic N) is 1. The Morgan fingerprint density at radius 2 is 2.16 bits per heavy atom. The zero-order valence-electron chi connectivity index (χ0n) is 15.3. The SMILES string of the molecule is CC1NNCC1CCCNC(=O)c1oc2ccccc2c1CN(C)C. The molecule has 0 spiro atoms. The predicted molar refractivity (Wildman–Crippen MR) is 99.3 cm³/mol. The number of hydrazine groups is 1. The molecule has 6 heteroatoms. The molecule has 1 amide bonds. The van der Waals surface area contributed by atoms with Crippen molar-refractivity contribution in [1.29, 1.82) is 0 Å². The maximum Gasteiger partial charge on any atom is 0.287 e. The number of hydrogen-bond acceptors (Lipinski definition) is 5. The highest BCUT2D eigenvalue weighted by atomic mass is 16.3. The van der Waals surface area contributed by atoms with E-state index in [0.717, 1.165) is 35.9 Å². The predicted octanol–water partition coefficient (Wildman–Crippen LogP) is 2.12. The first-order chi connectivity index (χ1) is 12.1. The van der Waals surface area contributed by atoms with Crippen LogP contribution in [0.1, 0.15) is 35.9 Å². The molecular formula is C19H28N4O2. The number of benzene rings is 1. The Morgan fingerprint density at radius 1 is 1.36 bits per heavy atom. The molecule has 6 nitrogen and oxygen atoms in total. The molecule has 2 aromatic rings. The van der Waals surface area contributed by atoms with Crippen molar-refractivity contribution in [3.05, 3.63) is 35.6 Å². The number of rotatable bonds is 7. The summed E-state index contributed by atoms with van der Waals surface area (Å²) in [6.45, 7) is 4.52. The third-order valence-corrected chi connectivity index (χ3v) is 4.82. The van der Waals surface area contributed by atoms with Gasteiger partial charge in [-0.05, 0) is 45.8 Å². The van der Waals surface area contributed by atoms with E-state index in [4.69, 9.17) is 4.42 Å². The molecule has 2 unspecified atom stereocenters. The molecule has 1 aliphatic heterocycles. The summed E-state index contributed by atoms with van der Waals surface area (Å²) in [6.07, 6.45) is 2.06. The maximum absolute atomic E-state index is 12.6. The second-order valence-electron chi connectivity index (χ2n) is 7.12. The Labute approximate surface area is 148 Å². The highest BCUT2D eigenvalue weighted by molar-refractivity contribution is 5.99. The molecule has 1 aliphatic rings. The van der Waals surface area contributed by atoms with Crippen LogP contribution in [0.4, 0.5) is 0 Å². The topological polar surface area (TPSA) is 69.5 Å². The molecule has 25 heavy (non-hydrogen) atoms. The van der Waals surface area contributed by atoms with E-state index in [2.05, 4.69) is 28.0 Å². The quantitative estimate of drug-likeness (QED) is 0.671. The van der Waals surface area contributed by atoms with Crippen LogP contribution in [0.25, 0.3) is 11.0 Å². The summed E-state index contributed by atoms with van der Waals surface area (Å²) in [4.78, 5) is 14.7. The number of fused-ring (bicyclic) bond motifs is 1. The first-order valence-corrected chi connectivity index (χ1v) is 8.98. The van der Waals surface area contributed by atoms with Gasteiger partial charge in [-0.15, -0.1) is 0 Å². The van der Waals surface area contributed by atoms with Crippen LogP contribution in [0, 0.1) is 5.92 Å². The van der Waals surface area contributed by atoms with Gasteiger partial charge in [0.05, 0.1) is 0 Å². The normalized spacial score (nSPS) is 20.5. The van der Waals surface area contributed by atoms with Crippen molar-refractivity contribution < 1.29 is 9.21 Å². The van der Waals surface area contributed by atoms with Crippen molar-refractivity contribution in [2.24, 2.45) is 5.92 Å². The highest BCUT2D eigenvalue weighted by Crippen LogP contribution is 2.26. The molecule has 3 rings (SSSR count). The Hall–Kier alpha value is -1.89. The van der Waals surface area contributed by atoms with E-state index >= 15 is 0 Å². The van der Waals surface area contributed by atoms with Crippen LogP contribution < -0.4 is 16.2 Å². The van der Waals surface area contributed by atoms with E-state index in [1.807, 2.05) is 38.4 Å². The summed E-state index contributed by atoms with van der Waals surface area (Å²) < 4.78 is 5.85. The van der Waals surface area contributed by atoms with Crippen LogP contribution in [0.5, 0.6) is 0 Å². The van der Waals surface area contributed by atoms with Crippen molar-refractivity contribution in [1.82, 2.24) is 21.1 Å². The molecule has 1 aromatic carbocycles. The Kier molecular flexibility index (Phi) is 5.73. The van der Waals surface area contributed by atoms with E-state index in [0.29, 0.717) is 30.8 Å². The van der Waals surface area contributed by atoms with E-state index < -0.39 is 0 Å². The fraction of sp³-hybridized carbons (Fsp3) is 0.526. The lowest BCUT2D eigenvalue weighted by Crippen LogP contribution is -2.29. The second kappa shape index (κ2) is 7.99. The second-order valence-corrected chi connectivity index (χ2v) is 7.12. The van der Waals surface area contributed by atoms with Gasteiger partial charge in [-0.2, -0.15) is 0 Å². The minimum atomic E-state index is -0.122. The highest BCUT2D eigenvalue weighted by Gasteiger charge is 2.23. The number of para-hydroxylation sites is 1. The van der Waals surface area contributed by atoms with Gasteiger partial charge >= 0.3 is 0 Å². The Bertz CT molecular complexity index is 725. The van der Waals surface area contributed by atoms with Crippen LogP contribution in [0.2, 0.25) is 0 Å². The standard InChI is InChI=1S/C19H28N4O2/c1-13-14(11-21-22-13)7-6-10-20-19(24)18-16(12-23(2)3)15-8-4-5-9-17(15)25-18/h4-5,8-9,13-14,21-22H,6-7,10-12H2,1-3H3,(H,20,24). The van der Waals surface area contributed by atoms with Gasteiger partial charge in [-0.1, -0.05) is 18.2 Å². The summed E-state index contributed by atoms with van der Waals surface area (Å²) in [5.74, 6) is 0.934. The van der Waals surface area contributed by atoms with Crippen LogP contribution in [-0.4, -0.2) is 44.0 Å². The zero-order valence-corrected chi connectivity index (χ0v) is 15.3. The first kappa shape index (κ1) is 17.9. The zero-order chi connectivity index (χ0) is 17.8. The molecule has 1 aromatic heterocycles. The number of hydrogen-bond donors (Lipinski definition) is 3. The lowest BCUT2D eigenvalue weighted by atomic mass is 9.98. The number of amides is 1. The van der Waals surface area contributed by atoms with Gasteiger partial charge in [0, 0.05) is 36.6 Å². The average molecular weight is 344 g/mol. The minimum absolute atomic E-state index is 0.122. The van der Waals surface area contributed by atoms with Gasteiger partial charge in [0.25, 0.3) is 5.91 Å². The molecule has 0 aliphatic carbocycles. The van der Waals surface area contributed by atoms with Crippen molar-refractivity contribution in [3.63, 3.8) is 0 Å². The number of carbonyl (C=O) groups is 1. The molecule has 0 bridgehead atoms. The van der Waals surface area contributed by atoms with Crippen LogP contribution in [0.15, 0.2) is 28.7 Å². The third-order valence-electron chi connectivity index (χ3n) is 4.82. The fourth-order valence-corrected chi connectivity index (χ4v) is 3.40. The van der Waals surface area contributed by atoms with Crippen molar-refractivity contribution in [2.75, 3.05) is 27.2 Å². The third kappa shape index (κ3) is 4.21. The summed E-state index contributed by atoms with van der Waals surface area (Å²) in [6, 6.07) is 8.31. The molecular weight excluding hydrogens is 316 g/mol. The molecule has 2 heterocycles. The molecule has 3 N–H and O–H groups in total. The maximum atomic E-state index is 12.6. The van der Waals surface area contributed by atoms with E-state index in [1.165, 1.54) is 0 Å². The molecule has 0 radical (unpaired) electrons. The molecule has 1 saturated heterocycles. The molecule has 0 saturated carbocycles. The number of nitrogens with one attached hydrogen (secondary N) is 3. The summed E-state index contributed by atoms with van der Waals surface area (Å²) >= 11 is 0. The van der Waals surface area contributed by atoms with Crippen molar-refractivity contribution >= 4 is 16.9 Å². The average Bonchev–Trinajstić information content (AvgIpc) is 3.15. The summed E-state index contributed by atoms with van der Waals surface area (Å²) in [7, 11) is 3.99. The number of carbonyl (C=O) groups excluding carboxylic acids is 1. The van der Waals surface area contributed by atoms with E-state index in [1.54, 1.807) is 0 Å². The first-order valence-electron chi connectivity index (χ1n) is 8.98. The minimum Gasteiger partial charge on any atom is -0.451 e. The number of furan rings is 1. The fourth-order valence-electron chi connectivity index (χ4n) is 3.40. The van der Waals surface area contributed by atoms with Gasteiger partial charge in [-0.3, -0.25) is 15.6 Å². The van der Waals surface area contributed by atoms with Crippen LogP contribution >= 0.6 is 0 Å². The van der Waals surface area contributed by atoms with Crippen molar-refractivity contribution in [2.45, 2.75) is 32.4 Å². The Morgan fingerprint density at radius 3 is 2.88 bits per heavy atom. The van der Waals surface area contributed by atoms with Gasteiger partial charge in [0.15, 0.2) is 5.76 Å². The van der Waals surface area contributed by atoms with Gasteiger partial charge in [-0.25, -0.2) is 0 Å². The van der Waals surface area contributed by atoms with E-state index in [9.17, 15) is 4.79 Å². The smallest absolute Gasteiger partial charge is 0.287 e. The van der Waals surface area contributed by atoms with E-state index in [-0.39, 0.29) is 5.91 Å². The molecule has 2 atom stereocenters. The van der Waals surface area contributed by atoms with Crippen LogP contribution in [0.3, 0.4) is 0 Å². The summed E-state index contributed by atoms with van der Waals surface area (Å²) in [5, 5.41) is 4.03. The lowest BCUT2D eigenvalue weighted by molar-refractivity contribution is 0.0924. The van der Waals surface area contributed by atoms with Crippen LogP contribution in [-0.2, 0) is 6.54 Å². The summed E-state index contributed by atoms with van der Waals surface area (Å²) in [5.41, 5.74) is 8.13. The Balaban J connectivity index is 1.63. The lowest BCUT2D eigenvalue weighted by Gasteiger charge is -2.13. The van der Waals surface area contributed by atoms with Crippen molar-refractivity contribution in [3.8, 4) is 0 Å². The molecule has 136 valence electrons. The van der Waals surface area contributed by atoms with Gasteiger partial charge < -0.3 is 14.6 Å². The van der Waals surface area contributed by atoms with Gasteiger partial charge in [0.1, 0.15) is 5.58 Å². The molecule has 1 fully saturated rings. The van der Waals surface area contributed by atoms with Gasteiger partial charge in [0.2, 0.25) is 0 Å².